The number of hydrogen-bond acceptors (Lipinski definition) is 2. The zero-order valence-electron chi connectivity index (χ0n) is 7.94. The van der Waals surface area contributed by atoms with Crippen molar-refractivity contribution in [1.82, 2.24) is 0 Å². The standard InChI is InChI=1S/C9H8ClF4NS/c10-7-2-1-6(11)5-8(7)15-3-4-16-9(12,13)14/h1-2,5,15H,3-4H2. The number of hydrogen-bond donors (Lipinski definition) is 1. The monoisotopic (exact) mass is 273 g/mol. The molecule has 0 aromatic heterocycles. The van der Waals surface area contributed by atoms with Gasteiger partial charge in [0.1, 0.15) is 5.82 Å². The molecule has 0 atom stereocenters. The summed E-state index contributed by atoms with van der Waals surface area (Å²) in [6, 6.07) is 3.66. The Morgan fingerprint density at radius 3 is 2.62 bits per heavy atom. The lowest BCUT2D eigenvalue weighted by atomic mass is 10.3. The van der Waals surface area contributed by atoms with Gasteiger partial charge in [0.25, 0.3) is 0 Å². The minimum absolute atomic E-state index is 0.0628. The van der Waals surface area contributed by atoms with Crippen molar-refractivity contribution in [2.24, 2.45) is 0 Å². The maximum Gasteiger partial charge on any atom is 0.441 e. The first kappa shape index (κ1) is 13.4. The lowest BCUT2D eigenvalue weighted by Gasteiger charge is -2.09. The third-order valence-electron chi connectivity index (χ3n) is 1.61. The van der Waals surface area contributed by atoms with E-state index >= 15 is 0 Å². The van der Waals surface area contributed by atoms with Gasteiger partial charge in [-0.25, -0.2) is 4.39 Å². The second kappa shape index (κ2) is 5.63. The minimum Gasteiger partial charge on any atom is -0.383 e. The fourth-order valence-corrected chi connectivity index (χ4v) is 1.61. The first-order valence-corrected chi connectivity index (χ1v) is 5.64. The molecule has 0 aliphatic rings. The van der Waals surface area contributed by atoms with Crippen LogP contribution in [0.3, 0.4) is 0 Å². The molecule has 0 unspecified atom stereocenters. The van der Waals surface area contributed by atoms with E-state index in [4.69, 9.17) is 11.6 Å². The molecule has 0 heterocycles. The van der Waals surface area contributed by atoms with E-state index in [0.717, 1.165) is 6.07 Å². The quantitative estimate of drug-likeness (QED) is 0.653. The fourth-order valence-electron chi connectivity index (χ4n) is 0.985. The lowest BCUT2D eigenvalue weighted by Crippen LogP contribution is -2.09. The van der Waals surface area contributed by atoms with Crippen molar-refractivity contribution in [1.29, 1.82) is 0 Å². The number of benzene rings is 1. The van der Waals surface area contributed by atoms with Gasteiger partial charge in [-0.3, -0.25) is 0 Å². The summed E-state index contributed by atoms with van der Waals surface area (Å²) in [7, 11) is 0. The molecule has 0 saturated carbocycles. The maximum atomic E-state index is 12.8. The number of rotatable bonds is 4. The number of nitrogens with one attached hydrogen (secondary N) is 1. The van der Waals surface area contributed by atoms with Gasteiger partial charge in [-0.05, 0) is 30.0 Å². The molecule has 90 valence electrons. The zero-order chi connectivity index (χ0) is 12.2. The number of halogens is 5. The van der Waals surface area contributed by atoms with Crippen LogP contribution in [0.25, 0.3) is 0 Å². The number of anilines is 1. The lowest BCUT2D eigenvalue weighted by molar-refractivity contribution is -0.0327. The van der Waals surface area contributed by atoms with Gasteiger partial charge in [-0.1, -0.05) is 11.6 Å². The molecule has 0 amide bonds. The summed E-state index contributed by atoms with van der Waals surface area (Å²) in [5.74, 6) is -0.647. The smallest absolute Gasteiger partial charge is 0.383 e. The van der Waals surface area contributed by atoms with Crippen LogP contribution in [0, 0.1) is 5.82 Å². The average molecular weight is 274 g/mol. The normalized spacial score (nSPS) is 11.6. The molecule has 0 aliphatic heterocycles. The van der Waals surface area contributed by atoms with E-state index in [0.29, 0.717) is 5.69 Å². The van der Waals surface area contributed by atoms with E-state index in [1.807, 2.05) is 0 Å². The van der Waals surface area contributed by atoms with E-state index in [-0.39, 0.29) is 29.1 Å². The van der Waals surface area contributed by atoms with Crippen LogP contribution in [-0.2, 0) is 0 Å². The fraction of sp³-hybridized carbons (Fsp3) is 0.333. The highest BCUT2D eigenvalue weighted by Crippen LogP contribution is 2.30. The molecule has 16 heavy (non-hydrogen) atoms. The largest absolute Gasteiger partial charge is 0.441 e. The Hall–Kier alpha value is -0.620. The molecular formula is C9H8ClF4NS. The minimum atomic E-state index is -4.24. The summed E-state index contributed by atoms with van der Waals surface area (Å²) in [5, 5.41) is 2.91. The van der Waals surface area contributed by atoms with Crippen LogP contribution in [0.4, 0.5) is 23.2 Å². The van der Waals surface area contributed by atoms with Gasteiger partial charge in [0.15, 0.2) is 0 Å². The van der Waals surface area contributed by atoms with Crippen LogP contribution in [-0.4, -0.2) is 17.8 Å². The van der Waals surface area contributed by atoms with Crippen molar-refractivity contribution >= 4 is 29.1 Å². The van der Waals surface area contributed by atoms with Crippen LogP contribution in [0.1, 0.15) is 0 Å². The van der Waals surface area contributed by atoms with Crippen molar-refractivity contribution in [3.8, 4) is 0 Å². The predicted molar refractivity (Wildman–Crippen MR) is 58.4 cm³/mol. The topological polar surface area (TPSA) is 12.0 Å². The third kappa shape index (κ3) is 4.94. The molecule has 1 rings (SSSR count). The molecule has 0 bridgehead atoms. The van der Waals surface area contributed by atoms with E-state index in [9.17, 15) is 17.6 Å². The van der Waals surface area contributed by atoms with Crippen LogP contribution in [0.15, 0.2) is 18.2 Å². The van der Waals surface area contributed by atoms with E-state index in [1.165, 1.54) is 12.1 Å². The van der Waals surface area contributed by atoms with Crippen molar-refractivity contribution in [2.45, 2.75) is 5.51 Å². The molecule has 1 N–H and O–H groups in total. The highest BCUT2D eigenvalue weighted by Gasteiger charge is 2.27. The Labute approximate surface area is 99.2 Å². The molecular weight excluding hydrogens is 266 g/mol. The number of alkyl halides is 3. The van der Waals surface area contributed by atoms with E-state index in [2.05, 4.69) is 5.32 Å². The first-order chi connectivity index (χ1) is 7.38. The van der Waals surface area contributed by atoms with Crippen LogP contribution < -0.4 is 5.32 Å². The van der Waals surface area contributed by atoms with Gasteiger partial charge in [-0.15, -0.1) is 0 Å². The molecule has 7 heteroatoms. The molecule has 1 aromatic carbocycles. The van der Waals surface area contributed by atoms with Gasteiger partial charge < -0.3 is 5.32 Å². The first-order valence-electron chi connectivity index (χ1n) is 4.28. The summed E-state index contributed by atoms with van der Waals surface area (Å²) < 4.78 is 48.1. The molecule has 1 aromatic rings. The number of thioether (sulfide) groups is 1. The van der Waals surface area contributed by atoms with E-state index in [1.54, 1.807) is 0 Å². The summed E-state index contributed by atoms with van der Waals surface area (Å²) in [5.41, 5.74) is -3.95. The summed E-state index contributed by atoms with van der Waals surface area (Å²) in [6.45, 7) is 0.0628. The highest BCUT2D eigenvalue weighted by molar-refractivity contribution is 8.00. The summed E-state index contributed by atoms with van der Waals surface area (Å²) in [4.78, 5) is 0. The molecule has 0 aliphatic carbocycles. The van der Waals surface area contributed by atoms with Crippen LogP contribution in [0.5, 0.6) is 0 Å². The summed E-state index contributed by atoms with van der Waals surface area (Å²) >= 11 is 5.57. The Kier molecular flexibility index (Phi) is 4.73. The van der Waals surface area contributed by atoms with Crippen molar-refractivity contribution in [3.05, 3.63) is 29.0 Å². The third-order valence-corrected chi connectivity index (χ3v) is 2.68. The Morgan fingerprint density at radius 2 is 2.00 bits per heavy atom. The van der Waals surface area contributed by atoms with Crippen LogP contribution in [0.2, 0.25) is 5.02 Å². The Balaban J connectivity index is 2.40. The van der Waals surface area contributed by atoms with Gasteiger partial charge in [0, 0.05) is 12.3 Å². The molecule has 0 saturated heterocycles. The van der Waals surface area contributed by atoms with Crippen molar-refractivity contribution in [2.75, 3.05) is 17.6 Å². The van der Waals surface area contributed by atoms with Gasteiger partial charge in [0.05, 0.1) is 10.7 Å². The second-order valence-electron chi connectivity index (χ2n) is 2.85. The highest BCUT2D eigenvalue weighted by atomic mass is 35.5. The van der Waals surface area contributed by atoms with Crippen LogP contribution >= 0.6 is 23.4 Å². The molecule has 0 spiro atoms. The van der Waals surface area contributed by atoms with E-state index < -0.39 is 11.3 Å². The van der Waals surface area contributed by atoms with Crippen molar-refractivity contribution in [3.63, 3.8) is 0 Å². The SMILES string of the molecule is Fc1ccc(Cl)c(NCCSC(F)(F)F)c1. The molecule has 0 fully saturated rings. The van der Waals surface area contributed by atoms with Crippen molar-refractivity contribution < 1.29 is 17.6 Å². The Morgan fingerprint density at radius 1 is 1.31 bits per heavy atom. The van der Waals surface area contributed by atoms with Gasteiger partial charge in [0.2, 0.25) is 0 Å². The Bertz CT molecular complexity index is 356. The van der Waals surface area contributed by atoms with Gasteiger partial charge >= 0.3 is 5.51 Å². The predicted octanol–water partition coefficient (Wildman–Crippen LogP) is 4.14. The second-order valence-corrected chi connectivity index (χ2v) is 4.41. The molecule has 1 nitrogen and oxygen atoms in total. The zero-order valence-corrected chi connectivity index (χ0v) is 9.52. The van der Waals surface area contributed by atoms with Gasteiger partial charge in [-0.2, -0.15) is 13.2 Å². The average Bonchev–Trinajstić information content (AvgIpc) is 2.16. The summed E-state index contributed by atoms with van der Waals surface area (Å²) in [6.07, 6.45) is 0. The molecule has 0 radical (unpaired) electrons. The maximum absolute atomic E-state index is 12.8.